The largest absolute Gasteiger partial charge is 0.431 e. The highest BCUT2D eigenvalue weighted by atomic mass is 32.1. The van der Waals surface area contributed by atoms with Crippen molar-refractivity contribution in [3.05, 3.63) is 59.7 Å². The van der Waals surface area contributed by atoms with Crippen molar-refractivity contribution >= 4 is 23.1 Å². The van der Waals surface area contributed by atoms with E-state index < -0.39 is 0 Å². The van der Waals surface area contributed by atoms with Gasteiger partial charge in [0.1, 0.15) is 5.75 Å². The fourth-order valence-corrected chi connectivity index (χ4v) is 2.56. The van der Waals surface area contributed by atoms with Crippen LogP contribution in [0, 0.1) is 0 Å². The molecule has 2 aromatic rings. The van der Waals surface area contributed by atoms with Crippen molar-refractivity contribution in [3.63, 3.8) is 0 Å². The van der Waals surface area contributed by atoms with Gasteiger partial charge in [0, 0.05) is 5.69 Å². The maximum atomic E-state index is 6.02. The van der Waals surface area contributed by atoms with Gasteiger partial charge in [-0.25, -0.2) is 0 Å². The molecule has 0 aliphatic carbocycles. The van der Waals surface area contributed by atoms with E-state index in [1.165, 1.54) is 11.1 Å². The van der Waals surface area contributed by atoms with Crippen LogP contribution in [0.3, 0.4) is 0 Å². The molecule has 2 nitrogen and oxygen atoms in total. The molecule has 0 spiro atoms. The molecule has 2 aromatic carbocycles. The molecule has 2 rings (SSSR count). The van der Waals surface area contributed by atoms with Crippen LogP contribution < -0.4 is 10.1 Å². The van der Waals surface area contributed by atoms with E-state index in [-0.39, 0.29) is 0 Å². The van der Waals surface area contributed by atoms with E-state index in [0.717, 1.165) is 11.4 Å². The first-order chi connectivity index (χ1) is 10.5. The third-order valence-electron chi connectivity index (χ3n) is 3.53. The number of nitrogens with one attached hydrogen (secondary N) is 1. The van der Waals surface area contributed by atoms with Gasteiger partial charge in [-0.15, -0.1) is 0 Å². The van der Waals surface area contributed by atoms with Gasteiger partial charge in [-0.3, -0.25) is 0 Å². The molecule has 116 valence electrons. The summed E-state index contributed by atoms with van der Waals surface area (Å²) in [5, 5.41) is 3.51. The Kier molecular flexibility index (Phi) is 5.56. The zero-order valence-electron chi connectivity index (χ0n) is 13.6. The molecule has 0 aliphatic rings. The minimum Gasteiger partial charge on any atom is -0.431 e. The number of para-hydroxylation sites is 2. The highest BCUT2D eigenvalue weighted by Crippen LogP contribution is 2.34. The maximum absolute atomic E-state index is 6.02. The third-order valence-corrected chi connectivity index (χ3v) is 3.72. The summed E-state index contributed by atoms with van der Waals surface area (Å²) in [5.74, 6) is 1.65. The summed E-state index contributed by atoms with van der Waals surface area (Å²) in [4.78, 5) is 0. The molecule has 3 heteroatoms. The molecule has 0 unspecified atom stereocenters. The van der Waals surface area contributed by atoms with E-state index in [9.17, 15) is 0 Å². The van der Waals surface area contributed by atoms with Crippen molar-refractivity contribution in [2.75, 3.05) is 5.32 Å². The smallest absolute Gasteiger partial charge is 0.266 e. The van der Waals surface area contributed by atoms with Crippen LogP contribution in [0.15, 0.2) is 48.5 Å². The van der Waals surface area contributed by atoms with E-state index in [0.29, 0.717) is 17.0 Å². The number of anilines is 1. The van der Waals surface area contributed by atoms with Crippen molar-refractivity contribution in [1.29, 1.82) is 0 Å². The van der Waals surface area contributed by atoms with Gasteiger partial charge in [0.25, 0.3) is 5.17 Å². The van der Waals surface area contributed by atoms with Crippen LogP contribution in [0.25, 0.3) is 0 Å². The normalized spacial score (nSPS) is 10.8. The lowest BCUT2D eigenvalue weighted by Crippen LogP contribution is -2.18. The highest BCUT2D eigenvalue weighted by molar-refractivity contribution is 7.80. The first-order valence-corrected chi connectivity index (χ1v) is 8.06. The van der Waals surface area contributed by atoms with Gasteiger partial charge < -0.3 is 10.1 Å². The molecule has 0 fully saturated rings. The second kappa shape index (κ2) is 7.41. The number of hydrogen-bond donors (Lipinski definition) is 1. The van der Waals surface area contributed by atoms with E-state index in [1.54, 1.807) is 0 Å². The van der Waals surface area contributed by atoms with Gasteiger partial charge >= 0.3 is 0 Å². The Labute approximate surface area is 138 Å². The summed E-state index contributed by atoms with van der Waals surface area (Å²) in [6, 6.07) is 16.1. The number of ether oxygens (including phenoxy) is 1. The fourth-order valence-electron chi connectivity index (χ4n) is 2.36. The monoisotopic (exact) mass is 313 g/mol. The molecular formula is C19H23NOS. The molecule has 0 amide bonds. The predicted octanol–water partition coefficient (Wildman–Crippen LogP) is 5.71. The lowest BCUT2D eigenvalue weighted by molar-refractivity contribution is 0.535. The third kappa shape index (κ3) is 4.08. The minimum atomic E-state index is 0.376. The Morgan fingerprint density at radius 3 is 1.91 bits per heavy atom. The van der Waals surface area contributed by atoms with E-state index in [1.807, 2.05) is 30.3 Å². The average Bonchev–Trinajstić information content (AvgIpc) is 2.47. The molecule has 0 bridgehead atoms. The van der Waals surface area contributed by atoms with Crippen molar-refractivity contribution in [2.45, 2.75) is 39.5 Å². The lowest BCUT2D eigenvalue weighted by atomic mass is 9.94. The van der Waals surface area contributed by atoms with E-state index >= 15 is 0 Å². The number of rotatable bonds is 4. The summed E-state index contributed by atoms with van der Waals surface area (Å²) in [7, 11) is 0. The Bertz CT molecular complexity index is 609. The van der Waals surface area contributed by atoms with Crippen LogP contribution in [-0.2, 0) is 0 Å². The minimum absolute atomic E-state index is 0.376. The molecular weight excluding hydrogens is 290 g/mol. The van der Waals surface area contributed by atoms with E-state index in [4.69, 9.17) is 17.0 Å². The number of thiocarbonyl (C=S) groups is 1. The van der Waals surface area contributed by atoms with Crippen LogP contribution in [0.5, 0.6) is 5.75 Å². The average molecular weight is 313 g/mol. The molecule has 22 heavy (non-hydrogen) atoms. The van der Waals surface area contributed by atoms with Gasteiger partial charge in [-0.05, 0) is 47.3 Å². The van der Waals surface area contributed by atoms with E-state index in [2.05, 4.69) is 51.2 Å². The Balaban J connectivity index is 2.25. The van der Waals surface area contributed by atoms with Crippen molar-refractivity contribution in [3.8, 4) is 5.75 Å². The zero-order chi connectivity index (χ0) is 16.1. The van der Waals surface area contributed by atoms with Crippen molar-refractivity contribution in [1.82, 2.24) is 0 Å². The first kappa shape index (κ1) is 16.5. The molecule has 0 atom stereocenters. The molecule has 0 heterocycles. The standard InChI is InChI=1S/C19H23NOS/c1-13(2)16-11-8-12-17(14(3)4)18(16)21-19(22)20-15-9-6-5-7-10-15/h5-14H,1-4H3,(H,20,22). The Morgan fingerprint density at radius 2 is 1.41 bits per heavy atom. The lowest BCUT2D eigenvalue weighted by Gasteiger charge is -2.20. The molecule has 0 saturated heterocycles. The van der Waals surface area contributed by atoms with Crippen LogP contribution in [0.1, 0.15) is 50.7 Å². The molecule has 1 N–H and O–H groups in total. The van der Waals surface area contributed by atoms with Crippen LogP contribution >= 0.6 is 12.2 Å². The highest BCUT2D eigenvalue weighted by Gasteiger charge is 2.16. The number of benzene rings is 2. The van der Waals surface area contributed by atoms with Gasteiger partial charge in [0.05, 0.1) is 0 Å². The predicted molar refractivity (Wildman–Crippen MR) is 97.9 cm³/mol. The Morgan fingerprint density at radius 1 is 0.864 bits per heavy atom. The molecule has 0 aromatic heterocycles. The van der Waals surface area contributed by atoms with Gasteiger partial charge in [-0.2, -0.15) is 0 Å². The summed E-state index contributed by atoms with van der Waals surface area (Å²) in [5.41, 5.74) is 3.30. The van der Waals surface area contributed by atoms with Crippen LogP contribution in [-0.4, -0.2) is 5.17 Å². The molecule has 0 aliphatic heterocycles. The summed E-state index contributed by atoms with van der Waals surface area (Å²) in [6.45, 7) is 8.67. The Hall–Kier alpha value is -1.87. The number of hydrogen-bond acceptors (Lipinski definition) is 2. The topological polar surface area (TPSA) is 21.3 Å². The van der Waals surface area contributed by atoms with Gasteiger partial charge in [0.15, 0.2) is 0 Å². The quantitative estimate of drug-likeness (QED) is 0.731. The SMILES string of the molecule is CC(C)c1cccc(C(C)C)c1OC(=S)Nc1ccccc1. The van der Waals surface area contributed by atoms with Crippen molar-refractivity contribution < 1.29 is 4.74 Å². The fraction of sp³-hybridized carbons (Fsp3) is 0.316. The second-order valence-electron chi connectivity index (χ2n) is 5.96. The van der Waals surface area contributed by atoms with Crippen LogP contribution in [0.2, 0.25) is 0 Å². The summed E-state index contributed by atoms with van der Waals surface area (Å²) >= 11 is 5.38. The molecule has 0 saturated carbocycles. The van der Waals surface area contributed by atoms with Gasteiger partial charge in [0.2, 0.25) is 0 Å². The summed E-state index contributed by atoms with van der Waals surface area (Å²) < 4.78 is 6.02. The van der Waals surface area contributed by atoms with Gasteiger partial charge in [-0.1, -0.05) is 64.1 Å². The second-order valence-corrected chi connectivity index (χ2v) is 6.33. The maximum Gasteiger partial charge on any atom is 0.266 e. The zero-order valence-corrected chi connectivity index (χ0v) is 14.4. The first-order valence-electron chi connectivity index (χ1n) is 7.65. The molecule has 0 radical (unpaired) electrons. The summed E-state index contributed by atoms with van der Waals surface area (Å²) in [6.07, 6.45) is 0. The van der Waals surface area contributed by atoms with Crippen LogP contribution in [0.4, 0.5) is 5.69 Å². The van der Waals surface area contributed by atoms with Crippen molar-refractivity contribution in [2.24, 2.45) is 0 Å².